The highest BCUT2D eigenvalue weighted by atomic mass is 16.7. The molecule has 0 bridgehead atoms. The summed E-state index contributed by atoms with van der Waals surface area (Å²) in [4.78, 5) is 0. The van der Waals surface area contributed by atoms with Crippen LogP contribution in [-0.2, 0) is 22.4 Å². The van der Waals surface area contributed by atoms with Crippen LogP contribution >= 0.6 is 0 Å². The molecule has 5 nitrogen and oxygen atoms in total. The summed E-state index contributed by atoms with van der Waals surface area (Å²) in [6, 6.07) is 10.3. The Labute approximate surface area is 119 Å². The van der Waals surface area contributed by atoms with E-state index in [-0.39, 0.29) is 0 Å². The minimum Gasteiger partial charge on any atom is -0.347 e. The summed E-state index contributed by atoms with van der Waals surface area (Å²) in [6.45, 7) is 5.84. The van der Waals surface area contributed by atoms with Crippen LogP contribution in [0.4, 0.5) is 0 Å². The van der Waals surface area contributed by atoms with Crippen LogP contribution in [0.5, 0.6) is 0 Å². The first-order chi connectivity index (χ1) is 9.83. The lowest BCUT2D eigenvalue weighted by Gasteiger charge is -2.13. The van der Waals surface area contributed by atoms with E-state index in [1.807, 2.05) is 42.9 Å². The SMILES string of the molecule is CCOC(OCC)c1cn(CCc2ccccc2)nn1. The highest BCUT2D eigenvalue weighted by Gasteiger charge is 2.15. The van der Waals surface area contributed by atoms with E-state index in [9.17, 15) is 0 Å². The number of aryl methyl sites for hydroxylation is 2. The minimum atomic E-state index is -0.421. The van der Waals surface area contributed by atoms with Crippen LogP contribution in [-0.4, -0.2) is 28.2 Å². The summed E-state index contributed by atoms with van der Waals surface area (Å²) in [7, 11) is 0. The molecule has 5 heteroatoms. The predicted octanol–water partition coefficient (Wildman–Crippen LogP) is 2.59. The Hall–Kier alpha value is -1.72. The molecular weight excluding hydrogens is 254 g/mol. The molecule has 2 aromatic rings. The van der Waals surface area contributed by atoms with Gasteiger partial charge in [-0.2, -0.15) is 0 Å². The molecule has 1 aromatic carbocycles. The first-order valence-electron chi connectivity index (χ1n) is 7.00. The lowest BCUT2D eigenvalue weighted by atomic mass is 10.1. The van der Waals surface area contributed by atoms with E-state index >= 15 is 0 Å². The molecule has 0 saturated carbocycles. The first kappa shape index (κ1) is 14.7. The number of rotatable bonds is 8. The molecule has 0 atom stereocenters. The van der Waals surface area contributed by atoms with Gasteiger partial charge in [0.25, 0.3) is 0 Å². The van der Waals surface area contributed by atoms with Crippen LogP contribution in [0, 0.1) is 0 Å². The molecule has 0 aliphatic rings. The Kier molecular flexibility index (Phi) is 5.70. The van der Waals surface area contributed by atoms with Crippen molar-refractivity contribution < 1.29 is 9.47 Å². The van der Waals surface area contributed by atoms with Crippen LogP contribution in [0.1, 0.15) is 31.4 Å². The molecule has 0 aliphatic carbocycles. The fourth-order valence-electron chi connectivity index (χ4n) is 1.94. The molecule has 1 aromatic heterocycles. The molecule has 0 saturated heterocycles. The van der Waals surface area contributed by atoms with Gasteiger partial charge in [0.2, 0.25) is 6.29 Å². The summed E-state index contributed by atoms with van der Waals surface area (Å²) >= 11 is 0. The van der Waals surface area contributed by atoms with Gasteiger partial charge < -0.3 is 9.47 Å². The molecule has 0 unspecified atom stereocenters. The zero-order chi connectivity index (χ0) is 14.2. The van der Waals surface area contributed by atoms with Gasteiger partial charge in [0.05, 0.1) is 6.20 Å². The zero-order valence-corrected chi connectivity index (χ0v) is 12.0. The summed E-state index contributed by atoms with van der Waals surface area (Å²) < 4.78 is 12.8. The maximum Gasteiger partial charge on any atom is 0.204 e. The van der Waals surface area contributed by atoms with Gasteiger partial charge in [0.15, 0.2) is 0 Å². The van der Waals surface area contributed by atoms with Crippen LogP contribution in [0.2, 0.25) is 0 Å². The number of nitrogens with zero attached hydrogens (tertiary/aromatic N) is 3. The molecular formula is C15H21N3O2. The highest BCUT2D eigenvalue weighted by Crippen LogP contribution is 2.15. The van der Waals surface area contributed by atoms with E-state index in [0.29, 0.717) is 13.2 Å². The standard InChI is InChI=1S/C15H21N3O2/c1-3-19-15(20-4-2)14-12-18(17-16-14)11-10-13-8-6-5-7-9-13/h5-9,12,15H,3-4,10-11H2,1-2H3. The van der Waals surface area contributed by atoms with Gasteiger partial charge in [0, 0.05) is 19.8 Å². The molecule has 0 aliphatic heterocycles. The summed E-state index contributed by atoms with van der Waals surface area (Å²) in [6.07, 6.45) is 2.40. The quantitative estimate of drug-likeness (QED) is 0.695. The fraction of sp³-hybridized carbons (Fsp3) is 0.467. The molecule has 0 N–H and O–H groups in total. The summed E-state index contributed by atoms with van der Waals surface area (Å²) in [5, 5.41) is 8.25. The number of hydrogen-bond donors (Lipinski definition) is 0. The van der Waals surface area contributed by atoms with Crippen molar-refractivity contribution in [2.24, 2.45) is 0 Å². The normalized spacial score (nSPS) is 11.2. The molecule has 0 amide bonds. The average molecular weight is 275 g/mol. The van der Waals surface area contributed by atoms with Crippen LogP contribution in [0.15, 0.2) is 36.5 Å². The maximum absolute atomic E-state index is 5.51. The van der Waals surface area contributed by atoms with Crippen molar-refractivity contribution in [1.82, 2.24) is 15.0 Å². The van der Waals surface area contributed by atoms with Crippen LogP contribution in [0.25, 0.3) is 0 Å². The second-order valence-corrected chi connectivity index (χ2v) is 4.38. The largest absolute Gasteiger partial charge is 0.347 e. The van der Waals surface area contributed by atoms with E-state index in [1.54, 1.807) is 0 Å². The van der Waals surface area contributed by atoms with Crippen molar-refractivity contribution in [2.75, 3.05) is 13.2 Å². The summed E-state index contributed by atoms with van der Waals surface area (Å²) in [5.74, 6) is 0. The fourth-order valence-corrected chi connectivity index (χ4v) is 1.94. The van der Waals surface area contributed by atoms with Gasteiger partial charge >= 0.3 is 0 Å². The van der Waals surface area contributed by atoms with Crippen molar-refractivity contribution >= 4 is 0 Å². The van der Waals surface area contributed by atoms with Crippen molar-refractivity contribution in [3.8, 4) is 0 Å². The van der Waals surface area contributed by atoms with E-state index in [1.165, 1.54) is 5.56 Å². The average Bonchev–Trinajstić information content (AvgIpc) is 2.95. The number of benzene rings is 1. The van der Waals surface area contributed by atoms with Gasteiger partial charge in [-0.05, 0) is 25.8 Å². The summed E-state index contributed by atoms with van der Waals surface area (Å²) in [5.41, 5.74) is 2.01. The predicted molar refractivity (Wildman–Crippen MR) is 76.2 cm³/mol. The van der Waals surface area contributed by atoms with Crippen molar-refractivity contribution in [1.29, 1.82) is 0 Å². The van der Waals surface area contributed by atoms with Gasteiger partial charge in [0.1, 0.15) is 5.69 Å². The molecule has 0 radical (unpaired) electrons. The lowest BCUT2D eigenvalue weighted by molar-refractivity contribution is -0.142. The van der Waals surface area contributed by atoms with E-state index in [0.717, 1.165) is 18.7 Å². The lowest BCUT2D eigenvalue weighted by Crippen LogP contribution is -2.09. The second kappa shape index (κ2) is 7.77. The number of aromatic nitrogens is 3. The molecule has 0 fully saturated rings. The van der Waals surface area contributed by atoms with Gasteiger partial charge in [-0.15, -0.1) is 5.10 Å². The molecule has 2 rings (SSSR count). The van der Waals surface area contributed by atoms with Gasteiger partial charge in [-0.3, -0.25) is 4.68 Å². The topological polar surface area (TPSA) is 49.2 Å². The molecule has 20 heavy (non-hydrogen) atoms. The van der Waals surface area contributed by atoms with Gasteiger partial charge in [-0.25, -0.2) is 0 Å². The monoisotopic (exact) mass is 275 g/mol. The Balaban J connectivity index is 1.94. The van der Waals surface area contributed by atoms with Gasteiger partial charge in [-0.1, -0.05) is 35.5 Å². The van der Waals surface area contributed by atoms with E-state index in [4.69, 9.17) is 9.47 Å². The van der Waals surface area contributed by atoms with E-state index < -0.39 is 6.29 Å². The highest BCUT2D eigenvalue weighted by molar-refractivity contribution is 5.14. The van der Waals surface area contributed by atoms with Crippen molar-refractivity contribution in [2.45, 2.75) is 33.1 Å². The smallest absolute Gasteiger partial charge is 0.204 e. The van der Waals surface area contributed by atoms with Crippen molar-refractivity contribution in [3.05, 3.63) is 47.8 Å². The van der Waals surface area contributed by atoms with Crippen molar-refractivity contribution in [3.63, 3.8) is 0 Å². The third-order valence-electron chi connectivity index (χ3n) is 2.91. The molecule has 0 spiro atoms. The van der Waals surface area contributed by atoms with E-state index in [2.05, 4.69) is 22.4 Å². The Morgan fingerprint density at radius 2 is 1.80 bits per heavy atom. The zero-order valence-electron chi connectivity index (χ0n) is 12.0. The van der Waals surface area contributed by atoms with Crippen LogP contribution in [0.3, 0.4) is 0 Å². The third-order valence-corrected chi connectivity index (χ3v) is 2.91. The minimum absolute atomic E-state index is 0.421. The Bertz CT molecular complexity index is 493. The molecule has 1 heterocycles. The second-order valence-electron chi connectivity index (χ2n) is 4.38. The first-order valence-corrected chi connectivity index (χ1v) is 7.00. The Morgan fingerprint density at radius 3 is 2.45 bits per heavy atom. The third kappa shape index (κ3) is 4.15. The molecule has 108 valence electrons. The maximum atomic E-state index is 5.51. The van der Waals surface area contributed by atoms with Crippen LogP contribution < -0.4 is 0 Å². The number of ether oxygens (including phenoxy) is 2. The Morgan fingerprint density at radius 1 is 1.10 bits per heavy atom. The number of hydrogen-bond acceptors (Lipinski definition) is 4.